The number of hydrogen-bond donors (Lipinski definition) is 1. The largest absolute Gasteiger partial charge is 0.380 e. The predicted octanol–water partition coefficient (Wildman–Crippen LogP) is 5.38. The lowest BCUT2D eigenvalue weighted by atomic mass is 10.00. The molecule has 0 unspecified atom stereocenters. The zero-order valence-corrected chi connectivity index (χ0v) is 14.0. The Morgan fingerprint density at radius 2 is 1.76 bits per heavy atom. The maximum absolute atomic E-state index is 6.32. The first-order valence-corrected chi connectivity index (χ1v) is 7.64. The van der Waals surface area contributed by atoms with E-state index in [-0.39, 0.29) is 16.7 Å². The van der Waals surface area contributed by atoms with Gasteiger partial charge in [0.2, 0.25) is 0 Å². The molecule has 0 spiro atoms. The van der Waals surface area contributed by atoms with Crippen LogP contribution in [0.15, 0.2) is 22.7 Å². The third-order valence-corrected chi connectivity index (χ3v) is 5.78. The minimum atomic E-state index is 0.132. The van der Waals surface area contributed by atoms with Gasteiger partial charge in [0.05, 0.1) is 10.6 Å². The molecule has 0 saturated heterocycles. The van der Waals surface area contributed by atoms with Gasteiger partial charge in [-0.25, -0.2) is 0 Å². The molecule has 1 aliphatic carbocycles. The van der Waals surface area contributed by atoms with E-state index in [0.717, 1.165) is 16.9 Å². The van der Waals surface area contributed by atoms with Gasteiger partial charge in [0.25, 0.3) is 0 Å². The zero-order chi connectivity index (χ0) is 15.6. The van der Waals surface area contributed by atoms with Crippen molar-refractivity contribution in [3.8, 4) is 11.1 Å². The van der Waals surface area contributed by atoms with Crippen molar-refractivity contribution in [3.05, 3.63) is 34.0 Å². The van der Waals surface area contributed by atoms with Gasteiger partial charge in [-0.2, -0.15) is 0 Å². The molecule has 1 aromatic carbocycles. The van der Waals surface area contributed by atoms with E-state index < -0.39 is 0 Å². The number of halogens is 2. The summed E-state index contributed by atoms with van der Waals surface area (Å²) >= 11 is 12.3. The molecule has 0 aliphatic heterocycles. The van der Waals surface area contributed by atoms with Crippen molar-refractivity contribution in [2.75, 3.05) is 5.73 Å². The Hall–Kier alpha value is -1.19. The van der Waals surface area contributed by atoms with E-state index in [1.165, 1.54) is 0 Å². The third-order valence-electron chi connectivity index (χ3n) is 5.23. The number of nitrogens with two attached hydrogens (primary N) is 1. The molecule has 1 fully saturated rings. The van der Waals surface area contributed by atoms with Crippen LogP contribution < -0.4 is 5.73 Å². The Balaban J connectivity index is 2.15. The Morgan fingerprint density at radius 1 is 1.14 bits per heavy atom. The van der Waals surface area contributed by atoms with Crippen molar-refractivity contribution in [2.24, 2.45) is 10.8 Å². The van der Waals surface area contributed by atoms with E-state index in [1.807, 2.05) is 6.07 Å². The third kappa shape index (κ3) is 1.98. The molecule has 1 aliphatic rings. The highest BCUT2D eigenvalue weighted by molar-refractivity contribution is 6.36. The molecule has 21 heavy (non-hydrogen) atoms. The average molecular weight is 325 g/mol. The predicted molar refractivity (Wildman–Crippen MR) is 86.7 cm³/mol. The number of hydrogen-bond acceptors (Lipinski definition) is 3. The SMILES string of the molecule is CC1(C)C(c2onc(N)c2-c2ccc(Cl)cc2Cl)C1(C)C. The van der Waals surface area contributed by atoms with Gasteiger partial charge in [-0.3, -0.25) is 0 Å². The van der Waals surface area contributed by atoms with Crippen molar-refractivity contribution < 1.29 is 4.52 Å². The van der Waals surface area contributed by atoms with Crippen LogP contribution in [0.25, 0.3) is 11.1 Å². The monoisotopic (exact) mass is 324 g/mol. The zero-order valence-electron chi connectivity index (χ0n) is 12.5. The van der Waals surface area contributed by atoms with Gasteiger partial charge in [0.15, 0.2) is 11.6 Å². The molecule has 112 valence electrons. The van der Waals surface area contributed by atoms with Crippen LogP contribution in [0.3, 0.4) is 0 Å². The van der Waals surface area contributed by atoms with Crippen LogP contribution in [-0.4, -0.2) is 5.16 Å². The maximum Gasteiger partial charge on any atom is 0.175 e. The summed E-state index contributed by atoms with van der Waals surface area (Å²) < 4.78 is 5.56. The van der Waals surface area contributed by atoms with Crippen molar-refractivity contribution in [2.45, 2.75) is 33.6 Å². The lowest BCUT2D eigenvalue weighted by Crippen LogP contribution is -1.95. The normalized spacial score (nSPS) is 19.7. The number of aromatic nitrogens is 1. The van der Waals surface area contributed by atoms with Crippen molar-refractivity contribution in [1.29, 1.82) is 0 Å². The fourth-order valence-electron chi connectivity index (χ4n) is 3.33. The summed E-state index contributed by atoms with van der Waals surface area (Å²) in [6.07, 6.45) is 0. The molecule has 2 N–H and O–H groups in total. The van der Waals surface area contributed by atoms with Gasteiger partial charge >= 0.3 is 0 Å². The summed E-state index contributed by atoms with van der Waals surface area (Å²) in [5.41, 5.74) is 7.89. The van der Waals surface area contributed by atoms with Gasteiger partial charge in [-0.15, -0.1) is 0 Å². The van der Waals surface area contributed by atoms with Crippen LogP contribution in [0.4, 0.5) is 5.82 Å². The van der Waals surface area contributed by atoms with Crippen molar-refractivity contribution >= 4 is 29.0 Å². The molecule has 1 heterocycles. The molecule has 1 aromatic heterocycles. The van der Waals surface area contributed by atoms with Crippen molar-refractivity contribution in [1.82, 2.24) is 5.16 Å². The number of nitrogen functional groups attached to an aromatic ring is 1. The number of rotatable bonds is 2. The van der Waals surface area contributed by atoms with E-state index in [9.17, 15) is 0 Å². The maximum atomic E-state index is 6.32. The van der Waals surface area contributed by atoms with E-state index in [0.29, 0.717) is 15.9 Å². The fraction of sp³-hybridized carbons (Fsp3) is 0.438. The first-order valence-electron chi connectivity index (χ1n) is 6.88. The summed E-state index contributed by atoms with van der Waals surface area (Å²) in [5.74, 6) is 1.44. The highest BCUT2D eigenvalue weighted by atomic mass is 35.5. The summed E-state index contributed by atoms with van der Waals surface area (Å²) in [6, 6.07) is 5.36. The van der Waals surface area contributed by atoms with Crippen molar-refractivity contribution in [3.63, 3.8) is 0 Å². The van der Waals surface area contributed by atoms with Crippen LogP contribution in [-0.2, 0) is 0 Å². The molecule has 3 rings (SSSR count). The minimum Gasteiger partial charge on any atom is -0.380 e. The van der Waals surface area contributed by atoms with E-state index in [4.69, 9.17) is 33.5 Å². The highest BCUT2D eigenvalue weighted by Crippen LogP contribution is 2.74. The minimum absolute atomic E-state index is 0.132. The summed E-state index contributed by atoms with van der Waals surface area (Å²) in [4.78, 5) is 0. The average Bonchev–Trinajstić information content (AvgIpc) is 2.65. The molecule has 0 atom stereocenters. The molecule has 1 saturated carbocycles. The van der Waals surface area contributed by atoms with Gasteiger partial charge in [-0.05, 0) is 23.0 Å². The van der Waals surface area contributed by atoms with Crippen LogP contribution >= 0.6 is 23.2 Å². The summed E-state index contributed by atoms with van der Waals surface area (Å²) in [7, 11) is 0. The van der Waals surface area contributed by atoms with Crippen LogP contribution in [0.5, 0.6) is 0 Å². The lowest BCUT2D eigenvalue weighted by Gasteiger charge is -2.06. The second kappa shape index (κ2) is 4.40. The molecule has 5 heteroatoms. The smallest absolute Gasteiger partial charge is 0.175 e. The second-order valence-electron chi connectivity index (χ2n) is 6.81. The first-order chi connectivity index (χ1) is 9.68. The Morgan fingerprint density at radius 3 is 2.29 bits per heavy atom. The number of anilines is 1. The molecular formula is C16H18Cl2N2O. The van der Waals surface area contributed by atoms with Gasteiger partial charge < -0.3 is 10.3 Å². The summed E-state index contributed by atoms with van der Waals surface area (Å²) in [6.45, 7) is 8.90. The lowest BCUT2D eigenvalue weighted by molar-refractivity contribution is 0.374. The van der Waals surface area contributed by atoms with Crippen LogP contribution in [0.2, 0.25) is 10.0 Å². The standard InChI is InChI=1S/C16H18Cl2N2O/c1-15(2)13(16(15,3)4)12-11(14(19)20-21-12)9-6-5-8(17)7-10(9)18/h5-7,13H,1-4H3,(H2,19,20). The van der Waals surface area contributed by atoms with Crippen LogP contribution in [0.1, 0.15) is 39.4 Å². The van der Waals surface area contributed by atoms with E-state index in [2.05, 4.69) is 32.9 Å². The first kappa shape index (κ1) is 14.7. The van der Waals surface area contributed by atoms with E-state index in [1.54, 1.807) is 12.1 Å². The Bertz CT molecular complexity index is 705. The summed E-state index contributed by atoms with van der Waals surface area (Å²) in [5, 5.41) is 5.10. The molecule has 0 radical (unpaired) electrons. The fourth-order valence-corrected chi connectivity index (χ4v) is 3.83. The molecular weight excluding hydrogens is 307 g/mol. The van der Waals surface area contributed by atoms with Gasteiger partial charge in [0, 0.05) is 16.5 Å². The van der Waals surface area contributed by atoms with E-state index >= 15 is 0 Å². The topological polar surface area (TPSA) is 52.0 Å². The van der Waals surface area contributed by atoms with Crippen LogP contribution in [0, 0.1) is 10.8 Å². The second-order valence-corrected chi connectivity index (χ2v) is 7.65. The molecule has 0 amide bonds. The quantitative estimate of drug-likeness (QED) is 0.806. The van der Waals surface area contributed by atoms with Gasteiger partial charge in [0.1, 0.15) is 0 Å². The van der Waals surface area contributed by atoms with Gasteiger partial charge in [-0.1, -0.05) is 62.1 Å². The highest BCUT2D eigenvalue weighted by Gasteiger charge is 2.67. The Labute approximate surface area is 134 Å². The number of nitrogens with zero attached hydrogens (tertiary/aromatic N) is 1. The number of benzene rings is 1. The molecule has 2 aromatic rings. The molecule has 0 bridgehead atoms. The molecule has 3 nitrogen and oxygen atoms in total. The Kier molecular flexibility index (Phi) is 3.09.